The molecule has 6 nitrogen and oxygen atoms in total. The predicted octanol–water partition coefficient (Wildman–Crippen LogP) is 4.81. The number of imidazole rings is 1. The van der Waals surface area contributed by atoms with Crippen molar-refractivity contribution in [2.75, 3.05) is 4.90 Å². The van der Waals surface area contributed by atoms with E-state index in [-0.39, 0.29) is 17.3 Å². The minimum Gasteiger partial charge on any atom is -0.507 e. The van der Waals surface area contributed by atoms with E-state index in [0.29, 0.717) is 16.6 Å². The second-order valence-electron chi connectivity index (χ2n) is 8.03. The van der Waals surface area contributed by atoms with Gasteiger partial charge in [-0.15, -0.1) is 0 Å². The van der Waals surface area contributed by atoms with Crippen molar-refractivity contribution in [1.82, 2.24) is 9.97 Å². The molecule has 1 unspecified atom stereocenters. The SMILES string of the molecule is Cc1ccc(/C(O)=C2\C(=O)C(=O)N(c3nc4ccc(C)cc4[nH]3)C2c2ccccc2)cc1. The van der Waals surface area contributed by atoms with Crippen molar-refractivity contribution in [2.45, 2.75) is 19.9 Å². The lowest BCUT2D eigenvalue weighted by Crippen LogP contribution is -2.30. The van der Waals surface area contributed by atoms with Crippen molar-refractivity contribution in [3.05, 3.63) is 101 Å². The van der Waals surface area contributed by atoms with Gasteiger partial charge in [-0.3, -0.25) is 14.5 Å². The monoisotopic (exact) mass is 423 g/mol. The van der Waals surface area contributed by atoms with E-state index in [1.165, 1.54) is 4.90 Å². The molecule has 0 bridgehead atoms. The smallest absolute Gasteiger partial charge is 0.302 e. The molecule has 0 radical (unpaired) electrons. The molecule has 1 amide bonds. The number of aliphatic hydroxyl groups excluding tert-OH is 1. The fourth-order valence-corrected chi connectivity index (χ4v) is 4.09. The van der Waals surface area contributed by atoms with Gasteiger partial charge in [-0.05, 0) is 37.1 Å². The number of carbonyl (C=O) groups is 2. The van der Waals surface area contributed by atoms with E-state index in [0.717, 1.165) is 16.6 Å². The lowest BCUT2D eigenvalue weighted by molar-refractivity contribution is -0.132. The van der Waals surface area contributed by atoms with Crippen LogP contribution in [-0.2, 0) is 9.59 Å². The number of Topliss-reactive ketones (excluding diaryl/α,β-unsaturated/α-hetero) is 1. The summed E-state index contributed by atoms with van der Waals surface area (Å²) in [5.41, 5.74) is 4.77. The Morgan fingerprint density at radius 2 is 1.62 bits per heavy atom. The first-order valence-corrected chi connectivity index (χ1v) is 10.3. The molecule has 2 N–H and O–H groups in total. The molecule has 0 aliphatic carbocycles. The number of fused-ring (bicyclic) bond motifs is 1. The Morgan fingerprint density at radius 1 is 0.938 bits per heavy atom. The zero-order valence-corrected chi connectivity index (χ0v) is 17.7. The third-order valence-corrected chi connectivity index (χ3v) is 5.74. The van der Waals surface area contributed by atoms with Crippen LogP contribution < -0.4 is 4.90 Å². The zero-order chi connectivity index (χ0) is 22.4. The molecule has 1 saturated heterocycles. The average molecular weight is 423 g/mol. The molecule has 0 spiro atoms. The number of ketones is 1. The maximum Gasteiger partial charge on any atom is 0.302 e. The molecule has 2 heterocycles. The molecule has 1 aromatic heterocycles. The van der Waals surface area contributed by atoms with Gasteiger partial charge in [0, 0.05) is 5.56 Å². The first-order chi connectivity index (χ1) is 15.4. The van der Waals surface area contributed by atoms with Crippen LogP contribution in [0.2, 0.25) is 0 Å². The summed E-state index contributed by atoms with van der Waals surface area (Å²) in [5, 5.41) is 11.1. The van der Waals surface area contributed by atoms with Crippen molar-refractivity contribution in [3.8, 4) is 0 Å². The van der Waals surface area contributed by atoms with Crippen LogP contribution in [0.3, 0.4) is 0 Å². The minimum atomic E-state index is -0.806. The Morgan fingerprint density at radius 3 is 2.34 bits per heavy atom. The van der Waals surface area contributed by atoms with E-state index < -0.39 is 17.7 Å². The fraction of sp³-hybridized carbons (Fsp3) is 0.115. The van der Waals surface area contributed by atoms with E-state index in [1.54, 1.807) is 12.1 Å². The third-order valence-electron chi connectivity index (χ3n) is 5.74. The Labute approximate surface area is 184 Å². The van der Waals surface area contributed by atoms with Gasteiger partial charge in [-0.25, -0.2) is 4.98 Å². The summed E-state index contributed by atoms with van der Waals surface area (Å²) < 4.78 is 0. The minimum absolute atomic E-state index is 0.0432. The number of nitrogens with zero attached hydrogens (tertiary/aromatic N) is 2. The molecule has 1 atom stereocenters. The average Bonchev–Trinajstić information content (AvgIpc) is 3.32. The lowest BCUT2D eigenvalue weighted by atomic mass is 9.95. The number of carbonyl (C=O) groups excluding carboxylic acids is 2. The highest BCUT2D eigenvalue weighted by Gasteiger charge is 2.48. The largest absolute Gasteiger partial charge is 0.507 e. The summed E-state index contributed by atoms with van der Waals surface area (Å²) in [6.07, 6.45) is 0. The number of benzene rings is 3. The van der Waals surface area contributed by atoms with Crippen molar-refractivity contribution < 1.29 is 14.7 Å². The molecule has 4 aromatic rings. The molecule has 1 aliphatic heterocycles. The van der Waals surface area contributed by atoms with Gasteiger partial charge in [-0.1, -0.05) is 66.2 Å². The van der Waals surface area contributed by atoms with E-state index in [4.69, 9.17) is 0 Å². The molecular weight excluding hydrogens is 402 g/mol. The second kappa shape index (κ2) is 7.50. The Kier molecular flexibility index (Phi) is 4.63. The van der Waals surface area contributed by atoms with E-state index >= 15 is 0 Å². The number of hydrogen-bond donors (Lipinski definition) is 2. The number of aromatic nitrogens is 2. The number of rotatable bonds is 3. The standard InChI is InChI=1S/C26H21N3O3/c1-15-8-11-18(12-9-15)23(30)21-22(17-6-4-3-5-7-17)29(25(32)24(21)31)26-27-19-13-10-16(2)14-20(19)28-26/h3-14,22,30H,1-2H3,(H,27,28)/b23-21+. The maximum absolute atomic E-state index is 13.2. The highest BCUT2D eigenvalue weighted by molar-refractivity contribution is 6.51. The highest BCUT2D eigenvalue weighted by atomic mass is 16.3. The van der Waals surface area contributed by atoms with Crippen LogP contribution in [0.4, 0.5) is 5.95 Å². The van der Waals surface area contributed by atoms with Crippen molar-refractivity contribution >= 4 is 34.4 Å². The van der Waals surface area contributed by atoms with Crippen LogP contribution in [0.15, 0.2) is 78.4 Å². The maximum atomic E-state index is 13.2. The lowest BCUT2D eigenvalue weighted by Gasteiger charge is -2.23. The number of H-pyrrole nitrogens is 1. The normalized spacial score (nSPS) is 17.9. The number of hydrogen-bond acceptors (Lipinski definition) is 4. The highest BCUT2D eigenvalue weighted by Crippen LogP contribution is 2.41. The number of aliphatic hydroxyl groups is 1. The van der Waals surface area contributed by atoms with Crippen LogP contribution in [-0.4, -0.2) is 26.8 Å². The zero-order valence-electron chi connectivity index (χ0n) is 17.7. The van der Waals surface area contributed by atoms with E-state index in [9.17, 15) is 14.7 Å². The Hall–Kier alpha value is -4.19. The summed E-state index contributed by atoms with van der Waals surface area (Å²) in [6, 6.07) is 21.3. The van der Waals surface area contributed by atoms with Gasteiger partial charge in [0.05, 0.1) is 22.6 Å². The molecular formula is C26H21N3O3. The summed E-state index contributed by atoms with van der Waals surface area (Å²) in [5.74, 6) is -1.41. The van der Waals surface area contributed by atoms with Gasteiger partial charge in [0.15, 0.2) is 0 Å². The van der Waals surface area contributed by atoms with Gasteiger partial charge in [0.2, 0.25) is 5.95 Å². The van der Waals surface area contributed by atoms with Crippen molar-refractivity contribution in [1.29, 1.82) is 0 Å². The van der Waals surface area contributed by atoms with E-state index in [1.807, 2.05) is 74.5 Å². The molecule has 3 aromatic carbocycles. The molecule has 1 aliphatic rings. The first kappa shape index (κ1) is 19.8. The van der Waals surface area contributed by atoms with Crippen molar-refractivity contribution in [2.24, 2.45) is 0 Å². The van der Waals surface area contributed by atoms with Crippen LogP contribution in [0.1, 0.15) is 28.3 Å². The second-order valence-corrected chi connectivity index (χ2v) is 8.03. The molecule has 158 valence electrons. The molecule has 1 fully saturated rings. The topological polar surface area (TPSA) is 86.3 Å². The van der Waals surface area contributed by atoms with Gasteiger partial charge in [0.1, 0.15) is 5.76 Å². The molecule has 5 rings (SSSR count). The van der Waals surface area contributed by atoms with Crippen molar-refractivity contribution in [3.63, 3.8) is 0 Å². The fourth-order valence-electron chi connectivity index (χ4n) is 4.09. The van der Waals surface area contributed by atoms with Crippen LogP contribution in [0.25, 0.3) is 16.8 Å². The summed E-state index contributed by atoms with van der Waals surface area (Å²) in [7, 11) is 0. The van der Waals surface area contributed by atoms with Gasteiger partial charge in [-0.2, -0.15) is 0 Å². The summed E-state index contributed by atoms with van der Waals surface area (Å²) >= 11 is 0. The first-order valence-electron chi connectivity index (χ1n) is 10.3. The number of aromatic amines is 1. The van der Waals surface area contributed by atoms with Gasteiger partial charge < -0.3 is 10.1 Å². The summed E-state index contributed by atoms with van der Waals surface area (Å²) in [4.78, 5) is 35.5. The molecule has 32 heavy (non-hydrogen) atoms. The van der Waals surface area contributed by atoms with Crippen LogP contribution in [0, 0.1) is 13.8 Å². The van der Waals surface area contributed by atoms with E-state index in [2.05, 4.69) is 9.97 Å². The van der Waals surface area contributed by atoms with Crippen LogP contribution in [0.5, 0.6) is 0 Å². The number of nitrogens with one attached hydrogen (secondary N) is 1. The predicted molar refractivity (Wildman–Crippen MR) is 123 cm³/mol. The Bertz CT molecular complexity index is 1390. The van der Waals surface area contributed by atoms with Crippen LogP contribution >= 0.6 is 0 Å². The molecule has 6 heteroatoms. The van der Waals surface area contributed by atoms with Gasteiger partial charge >= 0.3 is 5.91 Å². The summed E-state index contributed by atoms with van der Waals surface area (Å²) in [6.45, 7) is 3.91. The molecule has 0 saturated carbocycles. The Balaban J connectivity index is 1.72. The number of aryl methyl sites for hydroxylation is 2. The van der Waals surface area contributed by atoms with Gasteiger partial charge in [0.25, 0.3) is 5.78 Å². The quantitative estimate of drug-likeness (QED) is 0.281. The number of amides is 1. The third kappa shape index (κ3) is 3.17. The number of anilines is 1.